The molecule has 0 bridgehead atoms. The minimum Gasteiger partial charge on any atom is -0.358 e. The third-order valence-electron chi connectivity index (χ3n) is 2.52. The highest BCUT2D eigenvalue weighted by atomic mass is 127. The van der Waals surface area contributed by atoms with Crippen molar-refractivity contribution in [3.8, 4) is 0 Å². The fraction of sp³-hybridized carbons (Fsp3) is 0.273. The molecule has 0 spiro atoms. The molecule has 0 aliphatic rings. The highest BCUT2D eigenvalue weighted by Crippen LogP contribution is 2.26. The van der Waals surface area contributed by atoms with Crippen molar-refractivity contribution in [1.82, 2.24) is 4.98 Å². The highest BCUT2D eigenvalue weighted by Gasteiger charge is 2.06. The number of H-pyrrole nitrogens is 1. The molecule has 0 fully saturated rings. The van der Waals surface area contributed by atoms with Crippen LogP contribution in [0.5, 0.6) is 0 Å². The third-order valence-corrected chi connectivity index (χ3v) is 3.91. The summed E-state index contributed by atoms with van der Waals surface area (Å²) in [5, 5.41) is 1.35. The molecule has 2 aromatic rings. The van der Waals surface area contributed by atoms with Crippen molar-refractivity contribution in [2.24, 2.45) is 0 Å². The maximum Gasteiger partial charge on any atom is 0.0469 e. The van der Waals surface area contributed by atoms with Crippen molar-refractivity contribution < 1.29 is 0 Å². The van der Waals surface area contributed by atoms with Gasteiger partial charge in [-0.3, -0.25) is 0 Å². The lowest BCUT2D eigenvalue weighted by Gasteiger charge is -1.99. The Morgan fingerprint density at radius 3 is 2.38 bits per heavy atom. The van der Waals surface area contributed by atoms with Gasteiger partial charge in [0.2, 0.25) is 0 Å². The first kappa shape index (κ1) is 9.06. The molecule has 1 heterocycles. The van der Waals surface area contributed by atoms with Crippen LogP contribution in [-0.4, -0.2) is 4.98 Å². The summed E-state index contributed by atoms with van der Waals surface area (Å²) < 4.78 is 1.34. The van der Waals surface area contributed by atoms with E-state index in [0.717, 1.165) is 0 Å². The standard InChI is InChI=1S/C11H12IN/c1-6-4-9-10(5-7(6)2)13-8(3)11(9)12/h4-5,13H,1-3H3. The molecule has 1 aromatic carbocycles. The Bertz CT molecular complexity index is 468. The van der Waals surface area contributed by atoms with Gasteiger partial charge in [0.05, 0.1) is 0 Å². The smallest absolute Gasteiger partial charge is 0.0469 e. The van der Waals surface area contributed by atoms with E-state index >= 15 is 0 Å². The van der Waals surface area contributed by atoms with Gasteiger partial charge in [0.15, 0.2) is 0 Å². The quantitative estimate of drug-likeness (QED) is 0.710. The third kappa shape index (κ3) is 1.37. The van der Waals surface area contributed by atoms with Gasteiger partial charge in [-0.2, -0.15) is 0 Å². The molecule has 0 saturated carbocycles. The molecule has 68 valence electrons. The number of hydrogen-bond acceptors (Lipinski definition) is 0. The Hall–Kier alpha value is -0.510. The average molecular weight is 285 g/mol. The summed E-state index contributed by atoms with van der Waals surface area (Å²) >= 11 is 2.39. The van der Waals surface area contributed by atoms with Crippen molar-refractivity contribution in [2.45, 2.75) is 20.8 Å². The van der Waals surface area contributed by atoms with Gasteiger partial charge in [-0.05, 0) is 66.6 Å². The summed E-state index contributed by atoms with van der Waals surface area (Å²) in [6.45, 7) is 6.43. The minimum absolute atomic E-state index is 1.25. The second-order valence-electron chi connectivity index (χ2n) is 3.55. The number of hydrogen-bond donors (Lipinski definition) is 1. The Morgan fingerprint density at radius 2 is 1.69 bits per heavy atom. The van der Waals surface area contributed by atoms with Crippen LogP contribution in [0, 0.1) is 24.3 Å². The number of benzene rings is 1. The maximum absolute atomic E-state index is 3.39. The molecule has 1 aromatic heterocycles. The van der Waals surface area contributed by atoms with E-state index in [2.05, 4.69) is 60.5 Å². The van der Waals surface area contributed by atoms with Gasteiger partial charge in [-0.15, -0.1) is 0 Å². The van der Waals surface area contributed by atoms with Gasteiger partial charge in [0.25, 0.3) is 0 Å². The zero-order valence-corrected chi connectivity index (χ0v) is 10.2. The van der Waals surface area contributed by atoms with Gasteiger partial charge in [-0.1, -0.05) is 0 Å². The van der Waals surface area contributed by atoms with Gasteiger partial charge in [0, 0.05) is 20.2 Å². The van der Waals surface area contributed by atoms with E-state index in [9.17, 15) is 0 Å². The number of aromatic amines is 1. The lowest BCUT2D eigenvalue weighted by atomic mass is 10.1. The number of nitrogens with one attached hydrogen (secondary N) is 1. The van der Waals surface area contributed by atoms with Crippen molar-refractivity contribution >= 4 is 33.5 Å². The summed E-state index contributed by atoms with van der Waals surface area (Å²) in [6.07, 6.45) is 0. The number of fused-ring (bicyclic) bond motifs is 1. The Labute approximate surface area is 91.7 Å². The Balaban J connectivity index is 2.89. The average Bonchev–Trinajstić information content (AvgIpc) is 2.32. The van der Waals surface area contributed by atoms with Crippen molar-refractivity contribution in [2.75, 3.05) is 0 Å². The SMILES string of the molecule is Cc1cc2[nH]c(C)c(I)c2cc1C. The summed E-state index contributed by atoms with van der Waals surface area (Å²) in [6, 6.07) is 4.48. The van der Waals surface area contributed by atoms with Crippen LogP contribution in [0.2, 0.25) is 0 Å². The zero-order chi connectivity index (χ0) is 9.59. The van der Waals surface area contributed by atoms with Crippen LogP contribution in [-0.2, 0) is 0 Å². The highest BCUT2D eigenvalue weighted by molar-refractivity contribution is 14.1. The predicted octanol–water partition coefficient (Wildman–Crippen LogP) is 3.70. The van der Waals surface area contributed by atoms with E-state index in [1.54, 1.807) is 0 Å². The molecule has 2 heteroatoms. The molecule has 0 atom stereocenters. The van der Waals surface area contributed by atoms with E-state index in [-0.39, 0.29) is 0 Å². The van der Waals surface area contributed by atoms with Crippen molar-refractivity contribution in [1.29, 1.82) is 0 Å². The number of aromatic nitrogens is 1. The lowest BCUT2D eigenvalue weighted by Crippen LogP contribution is -1.80. The first-order valence-corrected chi connectivity index (χ1v) is 5.42. The van der Waals surface area contributed by atoms with E-state index in [1.807, 2.05) is 0 Å². The largest absolute Gasteiger partial charge is 0.358 e. The van der Waals surface area contributed by atoms with E-state index in [4.69, 9.17) is 0 Å². The van der Waals surface area contributed by atoms with Crippen LogP contribution in [0.3, 0.4) is 0 Å². The molecule has 2 rings (SSSR count). The molecule has 1 N–H and O–H groups in total. The molecule has 0 amide bonds. The zero-order valence-electron chi connectivity index (χ0n) is 8.03. The summed E-state index contributed by atoms with van der Waals surface area (Å²) in [7, 11) is 0. The molecule has 1 nitrogen and oxygen atoms in total. The molecule has 13 heavy (non-hydrogen) atoms. The molecule has 0 aliphatic carbocycles. The first-order chi connectivity index (χ1) is 6.09. The van der Waals surface area contributed by atoms with Gasteiger partial charge in [0.1, 0.15) is 0 Å². The van der Waals surface area contributed by atoms with E-state index in [0.29, 0.717) is 0 Å². The van der Waals surface area contributed by atoms with Gasteiger partial charge >= 0.3 is 0 Å². The number of rotatable bonds is 0. The molecule has 0 saturated heterocycles. The van der Waals surface area contributed by atoms with E-state index < -0.39 is 0 Å². The van der Waals surface area contributed by atoms with Crippen molar-refractivity contribution in [3.63, 3.8) is 0 Å². The molecular weight excluding hydrogens is 273 g/mol. The van der Waals surface area contributed by atoms with Gasteiger partial charge in [-0.25, -0.2) is 0 Å². The summed E-state index contributed by atoms with van der Waals surface area (Å²) in [5.74, 6) is 0. The van der Waals surface area contributed by atoms with Crippen LogP contribution in [0.4, 0.5) is 0 Å². The second kappa shape index (κ2) is 3.01. The fourth-order valence-electron chi connectivity index (χ4n) is 1.56. The fourth-order valence-corrected chi connectivity index (χ4v) is 2.14. The topological polar surface area (TPSA) is 15.8 Å². The maximum atomic E-state index is 3.39. The predicted molar refractivity (Wildman–Crippen MR) is 65.2 cm³/mol. The monoisotopic (exact) mass is 285 g/mol. The molecule has 0 aliphatic heterocycles. The van der Waals surface area contributed by atoms with Crippen LogP contribution in [0.15, 0.2) is 12.1 Å². The van der Waals surface area contributed by atoms with Crippen LogP contribution in [0.1, 0.15) is 16.8 Å². The van der Waals surface area contributed by atoms with Crippen LogP contribution in [0.25, 0.3) is 10.9 Å². The lowest BCUT2D eigenvalue weighted by molar-refractivity contribution is 1.28. The number of aryl methyl sites for hydroxylation is 3. The Morgan fingerprint density at radius 1 is 1.08 bits per heavy atom. The molecule has 0 unspecified atom stereocenters. The minimum atomic E-state index is 1.25. The molecular formula is C11H12IN. The first-order valence-electron chi connectivity index (χ1n) is 4.34. The van der Waals surface area contributed by atoms with Crippen molar-refractivity contribution in [3.05, 3.63) is 32.5 Å². The number of halogens is 1. The van der Waals surface area contributed by atoms with Crippen LogP contribution < -0.4 is 0 Å². The van der Waals surface area contributed by atoms with Gasteiger partial charge < -0.3 is 4.98 Å². The molecule has 0 radical (unpaired) electrons. The Kier molecular flexibility index (Phi) is 2.10. The second-order valence-corrected chi connectivity index (χ2v) is 4.62. The summed E-state index contributed by atoms with van der Waals surface area (Å²) in [4.78, 5) is 3.39. The summed E-state index contributed by atoms with van der Waals surface area (Å²) in [5.41, 5.74) is 5.24. The van der Waals surface area contributed by atoms with E-state index in [1.165, 1.54) is 31.3 Å². The normalized spacial score (nSPS) is 11.1. The van der Waals surface area contributed by atoms with Crippen LogP contribution >= 0.6 is 22.6 Å².